The number of benzene rings is 1. The molecule has 0 radical (unpaired) electrons. The largest absolute Gasteiger partial charge is 0.466 e. The Balaban J connectivity index is 2.00. The minimum atomic E-state index is -0.214. The van der Waals surface area contributed by atoms with Crippen LogP contribution in [0, 0.1) is 5.92 Å². The first-order chi connectivity index (χ1) is 10.7. The fourth-order valence-corrected chi connectivity index (χ4v) is 3.03. The van der Waals surface area contributed by atoms with Gasteiger partial charge in [-0.2, -0.15) is 0 Å². The molecule has 1 fully saturated rings. The van der Waals surface area contributed by atoms with Crippen LogP contribution in [0.4, 0.5) is 0 Å². The molecule has 0 aliphatic carbocycles. The summed E-state index contributed by atoms with van der Waals surface area (Å²) < 4.78 is 11.0. The van der Waals surface area contributed by atoms with Crippen molar-refractivity contribution in [2.24, 2.45) is 5.92 Å². The summed E-state index contributed by atoms with van der Waals surface area (Å²) in [6.45, 7) is 4.56. The molecule has 0 aromatic heterocycles. The third-order valence-corrected chi connectivity index (χ3v) is 4.08. The van der Waals surface area contributed by atoms with Gasteiger partial charge >= 0.3 is 5.97 Å². The first kappa shape index (κ1) is 17.3. The summed E-state index contributed by atoms with van der Waals surface area (Å²) in [6.07, 6.45) is 2.50. The quantitative estimate of drug-likeness (QED) is 0.781. The van der Waals surface area contributed by atoms with Crippen molar-refractivity contribution in [1.29, 1.82) is 0 Å². The number of ether oxygens (including phenoxy) is 2. The molecule has 1 aliphatic heterocycles. The second-order valence-corrected chi connectivity index (χ2v) is 5.94. The molecule has 1 aliphatic rings. The molecule has 0 saturated carbocycles. The Hall–Kier alpha value is -1.10. The number of nitrogens with one attached hydrogen (secondary N) is 1. The number of hydrogen-bond acceptors (Lipinski definition) is 4. The van der Waals surface area contributed by atoms with Crippen LogP contribution in [0.15, 0.2) is 24.3 Å². The molecule has 2 atom stereocenters. The predicted octanol–water partition coefficient (Wildman–Crippen LogP) is 3.35. The van der Waals surface area contributed by atoms with Gasteiger partial charge in [0, 0.05) is 17.5 Å². The number of rotatable bonds is 7. The van der Waals surface area contributed by atoms with Gasteiger partial charge in [-0.25, -0.2) is 0 Å². The molecule has 1 aromatic rings. The van der Waals surface area contributed by atoms with Gasteiger partial charge in [-0.3, -0.25) is 4.79 Å². The SMILES string of the molecule is CCOC(=O)CCOC(c1cccc(Cl)c1)[C@@H]1CCCNC1. The predicted molar refractivity (Wildman–Crippen MR) is 87.0 cm³/mol. The van der Waals surface area contributed by atoms with E-state index in [1.165, 1.54) is 0 Å². The molecule has 22 heavy (non-hydrogen) atoms. The van der Waals surface area contributed by atoms with E-state index < -0.39 is 0 Å². The van der Waals surface area contributed by atoms with E-state index in [0.717, 1.165) is 31.5 Å². The molecule has 5 heteroatoms. The van der Waals surface area contributed by atoms with Gasteiger partial charge in [0.2, 0.25) is 0 Å². The lowest BCUT2D eigenvalue weighted by molar-refractivity contribution is -0.145. The van der Waals surface area contributed by atoms with Crippen molar-refractivity contribution in [2.75, 3.05) is 26.3 Å². The van der Waals surface area contributed by atoms with E-state index >= 15 is 0 Å². The van der Waals surface area contributed by atoms with Crippen LogP contribution < -0.4 is 5.32 Å². The van der Waals surface area contributed by atoms with Gasteiger partial charge in [0.15, 0.2) is 0 Å². The second-order valence-electron chi connectivity index (χ2n) is 5.51. The molecule has 1 unspecified atom stereocenters. The summed E-state index contributed by atoms with van der Waals surface area (Å²) in [5, 5.41) is 4.12. The van der Waals surface area contributed by atoms with Gasteiger partial charge in [-0.15, -0.1) is 0 Å². The Kier molecular flexibility index (Phi) is 7.16. The van der Waals surface area contributed by atoms with Crippen molar-refractivity contribution in [3.63, 3.8) is 0 Å². The molecule has 1 aromatic carbocycles. The van der Waals surface area contributed by atoms with Crippen LogP contribution >= 0.6 is 11.6 Å². The number of hydrogen-bond donors (Lipinski definition) is 1. The van der Waals surface area contributed by atoms with E-state index in [-0.39, 0.29) is 18.5 Å². The van der Waals surface area contributed by atoms with Crippen LogP contribution in [0.5, 0.6) is 0 Å². The Morgan fingerprint density at radius 1 is 1.50 bits per heavy atom. The zero-order valence-corrected chi connectivity index (χ0v) is 13.8. The topological polar surface area (TPSA) is 47.6 Å². The molecule has 0 spiro atoms. The van der Waals surface area contributed by atoms with E-state index in [0.29, 0.717) is 24.2 Å². The Bertz CT molecular complexity index is 475. The number of halogens is 1. The maximum absolute atomic E-state index is 11.5. The van der Waals surface area contributed by atoms with E-state index in [1.54, 1.807) is 6.92 Å². The lowest BCUT2D eigenvalue weighted by atomic mass is 9.89. The van der Waals surface area contributed by atoms with Crippen LogP contribution in [-0.4, -0.2) is 32.3 Å². The summed E-state index contributed by atoms with van der Waals surface area (Å²) in [7, 11) is 0. The molecule has 4 nitrogen and oxygen atoms in total. The molecule has 2 rings (SSSR count). The van der Waals surface area contributed by atoms with Gasteiger partial charge in [0.25, 0.3) is 0 Å². The Labute approximate surface area is 137 Å². The second kappa shape index (κ2) is 9.13. The summed E-state index contributed by atoms with van der Waals surface area (Å²) in [6, 6.07) is 7.79. The highest BCUT2D eigenvalue weighted by molar-refractivity contribution is 6.30. The van der Waals surface area contributed by atoms with E-state index in [4.69, 9.17) is 21.1 Å². The maximum atomic E-state index is 11.5. The van der Waals surface area contributed by atoms with Crippen LogP contribution in [0.2, 0.25) is 5.02 Å². The summed E-state index contributed by atoms with van der Waals surface area (Å²) >= 11 is 6.11. The van der Waals surface area contributed by atoms with Crippen LogP contribution in [-0.2, 0) is 14.3 Å². The van der Waals surface area contributed by atoms with E-state index in [1.807, 2.05) is 24.3 Å². The standard InChI is InChI=1S/C17H24ClNO3/c1-2-21-16(20)8-10-22-17(14-6-4-9-19-12-14)13-5-3-7-15(18)11-13/h3,5,7,11,14,17,19H,2,4,6,8-10,12H2,1H3/t14-,17?/m1/s1. The fourth-order valence-electron chi connectivity index (χ4n) is 2.83. The maximum Gasteiger partial charge on any atom is 0.308 e. The lowest BCUT2D eigenvalue weighted by Gasteiger charge is -2.31. The highest BCUT2D eigenvalue weighted by Crippen LogP contribution is 2.32. The average Bonchev–Trinajstić information content (AvgIpc) is 2.53. The average molecular weight is 326 g/mol. The van der Waals surface area contributed by atoms with Crippen LogP contribution in [0.1, 0.15) is 37.9 Å². The smallest absolute Gasteiger partial charge is 0.308 e. The minimum Gasteiger partial charge on any atom is -0.466 e. The van der Waals surface area contributed by atoms with Crippen molar-refractivity contribution in [3.8, 4) is 0 Å². The Morgan fingerprint density at radius 2 is 2.36 bits per heavy atom. The van der Waals surface area contributed by atoms with E-state index in [2.05, 4.69) is 5.32 Å². The molecular formula is C17H24ClNO3. The molecule has 1 saturated heterocycles. The molecule has 0 bridgehead atoms. The Morgan fingerprint density at radius 3 is 3.05 bits per heavy atom. The zero-order valence-electron chi connectivity index (χ0n) is 13.0. The first-order valence-corrected chi connectivity index (χ1v) is 8.32. The molecule has 0 amide bonds. The van der Waals surface area contributed by atoms with Crippen molar-refractivity contribution < 1.29 is 14.3 Å². The molecule has 1 heterocycles. The summed E-state index contributed by atoms with van der Waals surface area (Å²) in [5.41, 5.74) is 1.07. The van der Waals surface area contributed by atoms with Gasteiger partial charge in [-0.05, 0) is 44.0 Å². The monoisotopic (exact) mass is 325 g/mol. The number of piperidine rings is 1. The van der Waals surface area contributed by atoms with Gasteiger partial charge < -0.3 is 14.8 Å². The van der Waals surface area contributed by atoms with Crippen molar-refractivity contribution >= 4 is 17.6 Å². The highest BCUT2D eigenvalue weighted by Gasteiger charge is 2.26. The zero-order chi connectivity index (χ0) is 15.8. The number of carbonyl (C=O) groups excluding carboxylic acids is 1. The van der Waals surface area contributed by atoms with E-state index in [9.17, 15) is 4.79 Å². The highest BCUT2D eigenvalue weighted by atomic mass is 35.5. The van der Waals surface area contributed by atoms with Crippen molar-refractivity contribution in [1.82, 2.24) is 5.32 Å². The third-order valence-electron chi connectivity index (χ3n) is 3.85. The number of carbonyl (C=O) groups is 1. The molecule has 122 valence electrons. The van der Waals surface area contributed by atoms with Crippen LogP contribution in [0.3, 0.4) is 0 Å². The fraction of sp³-hybridized carbons (Fsp3) is 0.588. The minimum absolute atomic E-state index is 0.0408. The van der Waals surface area contributed by atoms with Crippen LogP contribution in [0.25, 0.3) is 0 Å². The number of esters is 1. The molecular weight excluding hydrogens is 302 g/mol. The summed E-state index contributed by atoms with van der Waals surface area (Å²) in [4.78, 5) is 11.5. The van der Waals surface area contributed by atoms with Gasteiger partial charge in [-0.1, -0.05) is 23.7 Å². The summed E-state index contributed by atoms with van der Waals surface area (Å²) in [5.74, 6) is 0.184. The van der Waals surface area contributed by atoms with Crippen molar-refractivity contribution in [3.05, 3.63) is 34.9 Å². The van der Waals surface area contributed by atoms with Gasteiger partial charge in [0.05, 0.1) is 25.7 Å². The first-order valence-electron chi connectivity index (χ1n) is 7.94. The van der Waals surface area contributed by atoms with Gasteiger partial charge in [0.1, 0.15) is 0 Å². The lowest BCUT2D eigenvalue weighted by Crippen LogP contribution is -2.34. The third kappa shape index (κ3) is 5.27. The normalized spacial score (nSPS) is 19.6. The molecule has 1 N–H and O–H groups in total. The van der Waals surface area contributed by atoms with Crippen molar-refractivity contribution in [2.45, 2.75) is 32.3 Å².